The zero-order valence-corrected chi connectivity index (χ0v) is 11.1. The molecule has 1 aromatic carbocycles. The molecule has 0 amide bonds. The molecule has 5 heteroatoms. The van der Waals surface area contributed by atoms with Crippen LogP contribution in [0.1, 0.15) is 42.9 Å². The summed E-state index contributed by atoms with van der Waals surface area (Å²) in [6, 6.07) is 4.26. The quantitative estimate of drug-likeness (QED) is 0.808. The Labute approximate surface area is 113 Å². The Balaban J connectivity index is 1.87. The molecule has 2 heterocycles. The zero-order valence-electron chi connectivity index (χ0n) is 11.1. The van der Waals surface area contributed by atoms with Gasteiger partial charge in [0.2, 0.25) is 0 Å². The predicted molar refractivity (Wildman–Crippen MR) is 72.7 cm³/mol. The maximum absolute atomic E-state index is 6.00. The second-order valence-electron chi connectivity index (χ2n) is 5.70. The molecule has 3 aliphatic rings. The molecular weight excluding hydrogens is 241 g/mol. The second kappa shape index (κ2) is 4.23. The molecule has 1 saturated carbocycles. The summed E-state index contributed by atoms with van der Waals surface area (Å²) in [5.41, 5.74) is 9.59. The number of benzene rings is 1. The van der Waals surface area contributed by atoms with Crippen molar-refractivity contribution in [2.75, 3.05) is 13.2 Å². The van der Waals surface area contributed by atoms with Crippen molar-refractivity contribution in [3.05, 3.63) is 23.3 Å². The molecule has 1 aliphatic carbocycles. The highest BCUT2D eigenvalue weighted by Gasteiger charge is 2.45. The maximum Gasteiger partial charge on any atom is 0.498 e. The van der Waals surface area contributed by atoms with E-state index in [0.717, 1.165) is 11.2 Å². The Morgan fingerprint density at radius 1 is 1.32 bits per heavy atom. The van der Waals surface area contributed by atoms with E-state index in [9.17, 15) is 0 Å². The Kier molecular flexibility index (Phi) is 2.62. The summed E-state index contributed by atoms with van der Waals surface area (Å²) in [6.07, 6.45) is 2.52. The number of hydrogen-bond acceptors (Lipinski definition) is 4. The van der Waals surface area contributed by atoms with Crippen molar-refractivity contribution in [2.24, 2.45) is 5.73 Å². The summed E-state index contributed by atoms with van der Waals surface area (Å²) < 4.78 is 17.8. The van der Waals surface area contributed by atoms with E-state index in [1.807, 2.05) is 6.92 Å². The predicted octanol–water partition coefficient (Wildman–Crippen LogP) is 1.09. The van der Waals surface area contributed by atoms with Crippen LogP contribution in [-0.4, -0.2) is 26.4 Å². The van der Waals surface area contributed by atoms with Gasteiger partial charge < -0.3 is 19.8 Å². The number of hydrogen-bond donors (Lipinski definition) is 1. The summed E-state index contributed by atoms with van der Waals surface area (Å²) in [5, 5.41) is 0. The van der Waals surface area contributed by atoms with Gasteiger partial charge in [-0.1, -0.05) is 6.07 Å². The minimum absolute atomic E-state index is 0.0335. The standard InChI is InChI=1S/C14H18BNO3/c1-8-7-17-11-5-4-10(9-2-3-9)13-12(6-16)19-15(18-8)14(11)13/h4-5,8-9,12H,2-3,6-7,16H2,1H3/t8?,12-/m1/s1. The van der Waals surface area contributed by atoms with Gasteiger partial charge in [0.1, 0.15) is 12.4 Å². The number of ether oxygens (including phenoxy) is 1. The molecule has 100 valence electrons. The molecule has 2 atom stereocenters. The summed E-state index contributed by atoms with van der Waals surface area (Å²) in [4.78, 5) is 0. The second-order valence-corrected chi connectivity index (χ2v) is 5.70. The van der Waals surface area contributed by atoms with Crippen LogP contribution in [-0.2, 0) is 9.31 Å². The monoisotopic (exact) mass is 259 g/mol. The van der Waals surface area contributed by atoms with Crippen molar-refractivity contribution in [1.82, 2.24) is 0 Å². The van der Waals surface area contributed by atoms with Crippen molar-refractivity contribution < 1.29 is 14.0 Å². The van der Waals surface area contributed by atoms with E-state index in [1.165, 1.54) is 24.0 Å². The fourth-order valence-electron chi connectivity index (χ4n) is 3.13. The number of nitrogens with two attached hydrogens (primary N) is 1. The van der Waals surface area contributed by atoms with Gasteiger partial charge in [-0.15, -0.1) is 0 Å². The van der Waals surface area contributed by atoms with Crippen molar-refractivity contribution >= 4 is 12.6 Å². The molecule has 19 heavy (non-hydrogen) atoms. The van der Waals surface area contributed by atoms with Gasteiger partial charge in [-0.05, 0) is 42.9 Å². The third-order valence-electron chi connectivity index (χ3n) is 4.19. The van der Waals surface area contributed by atoms with Crippen LogP contribution < -0.4 is 15.9 Å². The summed E-state index contributed by atoms with van der Waals surface area (Å²) >= 11 is 0. The van der Waals surface area contributed by atoms with Crippen LogP contribution in [0.4, 0.5) is 0 Å². The van der Waals surface area contributed by atoms with E-state index in [-0.39, 0.29) is 19.3 Å². The fraction of sp³-hybridized carbons (Fsp3) is 0.571. The first-order chi connectivity index (χ1) is 9.28. The maximum atomic E-state index is 6.00. The van der Waals surface area contributed by atoms with Crippen LogP contribution >= 0.6 is 0 Å². The SMILES string of the molecule is CC1COc2ccc(C3CC3)c3c2B(O1)O[C@@H]3CN. The van der Waals surface area contributed by atoms with E-state index >= 15 is 0 Å². The van der Waals surface area contributed by atoms with Gasteiger partial charge in [-0.3, -0.25) is 0 Å². The molecule has 0 radical (unpaired) electrons. The topological polar surface area (TPSA) is 53.7 Å². The first-order valence-electron chi connectivity index (χ1n) is 7.08. The fourth-order valence-corrected chi connectivity index (χ4v) is 3.13. The normalized spacial score (nSPS) is 28.8. The first kappa shape index (κ1) is 11.8. The Hall–Kier alpha value is -1.04. The van der Waals surface area contributed by atoms with E-state index in [0.29, 0.717) is 19.1 Å². The lowest BCUT2D eigenvalue weighted by Gasteiger charge is -2.17. The summed E-state index contributed by atoms with van der Waals surface area (Å²) in [5.74, 6) is 1.59. The Morgan fingerprint density at radius 3 is 2.89 bits per heavy atom. The minimum atomic E-state index is -0.310. The van der Waals surface area contributed by atoms with Crippen molar-refractivity contribution in [3.8, 4) is 5.75 Å². The molecule has 4 nitrogen and oxygen atoms in total. The largest absolute Gasteiger partial charge is 0.498 e. The minimum Gasteiger partial charge on any atom is -0.491 e. The van der Waals surface area contributed by atoms with E-state index in [1.54, 1.807) is 0 Å². The van der Waals surface area contributed by atoms with Gasteiger partial charge in [-0.25, -0.2) is 0 Å². The highest BCUT2D eigenvalue weighted by atomic mass is 16.6. The van der Waals surface area contributed by atoms with Crippen LogP contribution in [0.3, 0.4) is 0 Å². The van der Waals surface area contributed by atoms with Gasteiger partial charge in [0.05, 0.1) is 12.2 Å². The lowest BCUT2D eigenvalue weighted by Crippen LogP contribution is -2.34. The molecule has 0 spiro atoms. The molecule has 1 unspecified atom stereocenters. The van der Waals surface area contributed by atoms with Gasteiger partial charge >= 0.3 is 7.12 Å². The Bertz CT molecular complexity index is 518. The average Bonchev–Trinajstić information content (AvgIpc) is 3.20. The third kappa shape index (κ3) is 1.80. The molecule has 1 fully saturated rings. The first-order valence-corrected chi connectivity index (χ1v) is 7.08. The van der Waals surface area contributed by atoms with Crippen LogP contribution in [0.2, 0.25) is 0 Å². The van der Waals surface area contributed by atoms with Gasteiger partial charge in [0, 0.05) is 12.0 Å². The van der Waals surface area contributed by atoms with Crippen molar-refractivity contribution in [3.63, 3.8) is 0 Å². The molecule has 1 aromatic rings. The van der Waals surface area contributed by atoms with Crippen molar-refractivity contribution in [1.29, 1.82) is 0 Å². The smallest absolute Gasteiger partial charge is 0.491 e. The molecule has 0 aromatic heterocycles. The van der Waals surface area contributed by atoms with E-state index in [4.69, 9.17) is 19.8 Å². The summed E-state index contributed by atoms with van der Waals surface area (Å²) in [6.45, 7) is 3.07. The lowest BCUT2D eigenvalue weighted by atomic mass is 9.76. The van der Waals surface area contributed by atoms with E-state index in [2.05, 4.69) is 12.1 Å². The lowest BCUT2D eigenvalue weighted by molar-refractivity contribution is 0.101. The molecule has 4 rings (SSSR count). The molecule has 0 bridgehead atoms. The van der Waals surface area contributed by atoms with Gasteiger partial charge in [0.25, 0.3) is 0 Å². The molecule has 2 N–H and O–H groups in total. The van der Waals surface area contributed by atoms with Crippen LogP contribution in [0, 0.1) is 0 Å². The zero-order chi connectivity index (χ0) is 13.0. The highest BCUT2D eigenvalue weighted by Crippen LogP contribution is 2.45. The highest BCUT2D eigenvalue weighted by molar-refractivity contribution is 6.64. The van der Waals surface area contributed by atoms with Crippen molar-refractivity contribution in [2.45, 2.75) is 37.9 Å². The molecule has 2 aliphatic heterocycles. The Morgan fingerprint density at radius 2 is 2.16 bits per heavy atom. The molecule has 0 saturated heterocycles. The van der Waals surface area contributed by atoms with Crippen LogP contribution in [0.5, 0.6) is 5.75 Å². The summed E-state index contributed by atoms with van der Waals surface area (Å²) in [7, 11) is -0.310. The average molecular weight is 259 g/mol. The van der Waals surface area contributed by atoms with Crippen LogP contribution in [0.25, 0.3) is 0 Å². The van der Waals surface area contributed by atoms with E-state index < -0.39 is 0 Å². The third-order valence-corrected chi connectivity index (χ3v) is 4.19. The molecular formula is C14H18BNO3. The van der Waals surface area contributed by atoms with Crippen LogP contribution in [0.15, 0.2) is 12.1 Å². The van der Waals surface area contributed by atoms with Gasteiger partial charge in [-0.2, -0.15) is 0 Å². The number of rotatable bonds is 2. The van der Waals surface area contributed by atoms with Gasteiger partial charge in [0.15, 0.2) is 0 Å².